The molecular weight excluding hydrogens is 292 g/mol. The third-order valence-electron chi connectivity index (χ3n) is 5.05. The molecule has 5 nitrogen and oxygen atoms in total. The van der Waals surface area contributed by atoms with E-state index in [1.54, 1.807) is 13.8 Å². The summed E-state index contributed by atoms with van der Waals surface area (Å²) in [6, 6.07) is -0.475. The van der Waals surface area contributed by atoms with E-state index in [0.29, 0.717) is 5.92 Å². The SMILES string of the molecule is C[C@@H]1CCC[C@H](O[C@H](C)C(=O)N[C@@H](C)C(=O)N2CCCCC2)C1. The van der Waals surface area contributed by atoms with Crippen LogP contribution in [0.15, 0.2) is 0 Å². The van der Waals surface area contributed by atoms with Crippen molar-refractivity contribution in [3.63, 3.8) is 0 Å². The van der Waals surface area contributed by atoms with Gasteiger partial charge in [0.05, 0.1) is 6.10 Å². The van der Waals surface area contributed by atoms with Crippen LogP contribution in [0, 0.1) is 5.92 Å². The molecule has 0 spiro atoms. The quantitative estimate of drug-likeness (QED) is 0.845. The van der Waals surface area contributed by atoms with Gasteiger partial charge in [0.2, 0.25) is 11.8 Å². The first-order valence-electron chi connectivity index (χ1n) is 9.22. The van der Waals surface area contributed by atoms with Gasteiger partial charge in [0.1, 0.15) is 12.1 Å². The Morgan fingerprint density at radius 1 is 1.09 bits per heavy atom. The maximum atomic E-state index is 12.4. The first kappa shape index (κ1) is 18.2. The molecule has 23 heavy (non-hydrogen) atoms. The molecular formula is C18H32N2O3. The standard InChI is InChI=1S/C18H32N2O3/c1-13-8-7-9-16(12-13)23-15(3)17(21)19-14(2)18(22)20-10-5-4-6-11-20/h13-16H,4-12H2,1-3H3,(H,19,21)/t13-,14+,15-,16+/m1/s1. The lowest BCUT2D eigenvalue weighted by Gasteiger charge is -2.31. The van der Waals surface area contributed by atoms with Crippen molar-refractivity contribution in [3.05, 3.63) is 0 Å². The fourth-order valence-electron chi connectivity index (χ4n) is 3.63. The van der Waals surface area contributed by atoms with Crippen LogP contribution < -0.4 is 5.32 Å². The van der Waals surface area contributed by atoms with Crippen molar-refractivity contribution in [1.29, 1.82) is 0 Å². The summed E-state index contributed by atoms with van der Waals surface area (Å²) in [7, 11) is 0. The number of hydrogen-bond donors (Lipinski definition) is 1. The number of carbonyl (C=O) groups is 2. The van der Waals surface area contributed by atoms with E-state index in [1.165, 1.54) is 19.3 Å². The Hall–Kier alpha value is -1.10. The van der Waals surface area contributed by atoms with E-state index in [0.717, 1.165) is 38.8 Å². The Labute approximate surface area is 140 Å². The van der Waals surface area contributed by atoms with Gasteiger partial charge in [-0.15, -0.1) is 0 Å². The summed E-state index contributed by atoms with van der Waals surface area (Å²) in [5.74, 6) is 0.515. The minimum Gasteiger partial charge on any atom is -0.365 e. The molecule has 0 bridgehead atoms. The number of amides is 2. The zero-order valence-corrected chi connectivity index (χ0v) is 14.8. The molecule has 1 aliphatic heterocycles. The summed E-state index contributed by atoms with van der Waals surface area (Å²) >= 11 is 0. The Morgan fingerprint density at radius 2 is 1.78 bits per heavy atom. The summed E-state index contributed by atoms with van der Waals surface area (Å²) in [6.07, 6.45) is 7.47. The van der Waals surface area contributed by atoms with Crippen LogP contribution in [-0.2, 0) is 14.3 Å². The number of hydrogen-bond acceptors (Lipinski definition) is 3. The topological polar surface area (TPSA) is 58.6 Å². The van der Waals surface area contributed by atoms with Gasteiger partial charge in [-0.1, -0.05) is 19.8 Å². The van der Waals surface area contributed by atoms with E-state index in [1.807, 2.05) is 4.90 Å². The van der Waals surface area contributed by atoms with E-state index < -0.39 is 12.1 Å². The fraction of sp³-hybridized carbons (Fsp3) is 0.889. The summed E-state index contributed by atoms with van der Waals surface area (Å²) in [6.45, 7) is 7.41. The molecule has 1 saturated carbocycles. The number of ether oxygens (including phenoxy) is 1. The van der Waals surface area contributed by atoms with Crippen LogP contribution in [0.5, 0.6) is 0 Å². The molecule has 0 unspecified atom stereocenters. The number of nitrogens with one attached hydrogen (secondary N) is 1. The molecule has 2 fully saturated rings. The third-order valence-corrected chi connectivity index (χ3v) is 5.05. The van der Waals surface area contributed by atoms with Crippen molar-refractivity contribution < 1.29 is 14.3 Å². The number of piperidine rings is 1. The predicted molar refractivity (Wildman–Crippen MR) is 90.0 cm³/mol. The lowest BCUT2D eigenvalue weighted by molar-refractivity contribution is -0.142. The van der Waals surface area contributed by atoms with Gasteiger partial charge in [0.25, 0.3) is 0 Å². The lowest BCUT2D eigenvalue weighted by atomic mass is 9.88. The molecule has 132 valence electrons. The molecule has 2 aliphatic rings. The van der Waals surface area contributed by atoms with E-state index >= 15 is 0 Å². The van der Waals surface area contributed by atoms with Gasteiger partial charge in [-0.3, -0.25) is 9.59 Å². The first-order valence-corrected chi connectivity index (χ1v) is 9.22. The molecule has 1 heterocycles. The van der Waals surface area contributed by atoms with E-state index in [4.69, 9.17) is 4.74 Å². The second-order valence-corrected chi connectivity index (χ2v) is 7.29. The smallest absolute Gasteiger partial charge is 0.249 e. The van der Waals surface area contributed by atoms with E-state index in [-0.39, 0.29) is 17.9 Å². The van der Waals surface area contributed by atoms with Crippen LogP contribution in [0.1, 0.15) is 65.7 Å². The third kappa shape index (κ3) is 5.48. The van der Waals surface area contributed by atoms with Crippen molar-refractivity contribution in [2.24, 2.45) is 5.92 Å². The highest BCUT2D eigenvalue weighted by Crippen LogP contribution is 2.26. The highest BCUT2D eigenvalue weighted by atomic mass is 16.5. The summed E-state index contributed by atoms with van der Waals surface area (Å²) < 4.78 is 5.91. The first-order chi connectivity index (χ1) is 11.0. The van der Waals surface area contributed by atoms with Crippen molar-refractivity contribution in [1.82, 2.24) is 10.2 Å². The Bertz CT molecular complexity index is 407. The highest BCUT2D eigenvalue weighted by Gasteiger charge is 2.27. The zero-order valence-electron chi connectivity index (χ0n) is 14.8. The molecule has 1 aliphatic carbocycles. The maximum absolute atomic E-state index is 12.4. The molecule has 0 aromatic heterocycles. The molecule has 5 heteroatoms. The van der Waals surface area contributed by atoms with Crippen LogP contribution in [0.3, 0.4) is 0 Å². The molecule has 4 atom stereocenters. The van der Waals surface area contributed by atoms with Gasteiger partial charge >= 0.3 is 0 Å². The van der Waals surface area contributed by atoms with Crippen LogP contribution in [-0.4, -0.2) is 48.1 Å². The number of carbonyl (C=O) groups excluding carboxylic acids is 2. The Balaban J connectivity index is 1.76. The van der Waals surface area contributed by atoms with Gasteiger partial charge in [-0.25, -0.2) is 0 Å². The monoisotopic (exact) mass is 324 g/mol. The van der Waals surface area contributed by atoms with Crippen LogP contribution in [0.2, 0.25) is 0 Å². The maximum Gasteiger partial charge on any atom is 0.249 e. The second kappa shape index (κ2) is 8.67. The van der Waals surface area contributed by atoms with Crippen LogP contribution in [0.4, 0.5) is 0 Å². The average molecular weight is 324 g/mol. The van der Waals surface area contributed by atoms with Gasteiger partial charge in [-0.05, 0) is 51.9 Å². The van der Waals surface area contributed by atoms with Gasteiger partial charge < -0.3 is 15.0 Å². The molecule has 0 aromatic carbocycles. The van der Waals surface area contributed by atoms with Crippen molar-refractivity contribution >= 4 is 11.8 Å². The summed E-state index contributed by atoms with van der Waals surface area (Å²) in [5, 5.41) is 2.82. The van der Waals surface area contributed by atoms with Crippen molar-refractivity contribution in [3.8, 4) is 0 Å². The van der Waals surface area contributed by atoms with Crippen molar-refractivity contribution in [2.75, 3.05) is 13.1 Å². The van der Waals surface area contributed by atoms with Gasteiger partial charge in [0.15, 0.2) is 0 Å². The predicted octanol–water partition coefficient (Wildman–Crippen LogP) is 2.49. The molecule has 1 N–H and O–H groups in total. The normalized spacial score (nSPS) is 28.0. The van der Waals surface area contributed by atoms with Gasteiger partial charge in [0, 0.05) is 13.1 Å². The average Bonchev–Trinajstić information content (AvgIpc) is 2.54. The summed E-state index contributed by atoms with van der Waals surface area (Å²) in [5.41, 5.74) is 0. The largest absolute Gasteiger partial charge is 0.365 e. The van der Waals surface area contributed by atoms with Crippen molar-refractivity contribution in [2.45, 2.75) is 84.0 Å². The Morgan fingerprint density at radius 3 is 2.43 bits per heavy atom. The summed E-state index contributed by atoms with van der Waals surface area (Å²) in [4.78, 5) is 26.5. The van der Waals surface area contributed by atoms with Crippen LogP contribution >= 0.6 is 0 Å². The zero-order chi connectivity index (χ0) is 16.8. The number of likely N-dealkylation sites (tertiary alicyclic amines) is 1. The molecule has 0 radical (unpaired) electrons. The molecule has 2 amide bonds. The van der Waals surface area contributed by atoms with E-state index in [2.05, 4.69) is 12.2 Å². The second-order valence-electron chi connectivity index (χ2n) is 7.29. The molecule has 1 saturated heterocycles. The Kier molecular flexibility index (Phi) is 6.88. The minimum atomic E-state index is -0.498. The lowest BCUT2D eigenvalue weighted by Crippen LogP contribution is -2.51. The van der Waals surface area contributed by atoms with Gasteiger partial charge in [-0.2, -0.15) is 0 Å². The van der Waals surface area contributed by atoms with E-state index in [9.17, 15) is 9.59 Å². The highest BCUT2D eigenvalue weighted by molar-refractivity contribution is 5.89. The fourth-order valence-corrected chi connectivity index (χ4v) is 3.63. The minimum absolute atomic E-state index is 0.0246. The number of rotatable bonds is 5. The molecule has 0 aromatic rings. The van der Waals surface area contributed by atoms with Crippen LogP contribution in [0.25, 0.3) is 0 Å². The number of nitrogens with zero attached hydrogens (tertiary/aromatic N) is 1. The molecule has 2 rings (SSSR count).